The molecule has 4 rings (SSSR count). The van der Waals surface area contributed by atoms with E-state index in [1.54, 1.807) is 12.1 Å². The van der Waals surface area contributed by atoms with Gasteiger partial charge in [-0.2, -0.15) is 0 Å². The first kappa shape index (κ1) is 24.1. The molecule has 0 bridgehead atoms. The average molecular weight is 490 g/mol. The Labute approximate surface area is 200 Å². The average Bonchev–Trinajstić information content (AvgIpc) is 2.82. The van der Waals surface area contributed by atoms with Crippen molar-refractivity contribution in [3.8, 4) is 11.4 Å². The Bertz CT molecular complexity index is 1280. The van der Waals surface area contributed by atoms with Crippen molar-refractivity contribution in [1.29, 1.82) is 0 Å². The van der Waals surface area contributed by atoms with Crippen molar-refractivity contribution in [1.82, 2.24) is 20.2 Å². The van der Waals surface area contributed by atoms with E-state index >= 15 is 0 Å². The van der Waals surface area contributed by atoms with Gasteiger partial charge < -0.3 is 15.5 Å². The monoisotopic (exact) mass is 489 g/mol. The summed E-state index contributed by atoms with van der Waals surface area (Å²) >= 11 is 5.97. The van der Waals surface area contributed by atoms with Crippen LogP contribution in [0.15, 0.2) is 41.2 Å². The van der Waals surface area contributed by atoms with Gasteiger partial charge in [0.25, 0.3) is 5.56 Å². The molecule has 1 amide bonds. The zero-order chi connectivity index (χ0) is 24.4. The number of rotatable bonds is 6. The summed E-state index contributed by atoms with van der Waals surface area (Å²) in [5.74, 6) is -0.729. The van der Waals surface area contributed by atoms with Crippen LogP contribution in [0, 0.1) is 5.82 Å². The lowest BCUT2D eigenvalue weighted by Gasteiger charge is -2.34. The van der Waals surface area contributed by atoms with Crippen molar-refractivity contribution in [3.63, 3.8) is 0 Å². The van der Waals surface area contributed by atoms with E-state index in [1.165, 1.54) is 22.8 Å². The van der Waals surface area contributed by atoms with Crippen LogP contribution < -0.4 is 21.1 Å². The summed E-state index contributed by atoms with van der Waals surface area (Å²) in [5, 5.41) is 6.12. The van der Waals surface area contributed by atoms with Crippen molar-refractivity contribution in [3.05, 3.63) is 57.6 Å². The first-order valence-electron chi connectivity index (χ1n) is 11.1. The molecule has 0 radical (unpaired) electrons. The summed E-state index contributed by atoms with van der Waals surface area (Å²) in [6.07, 6.45) is 0. The van der Waals surface area contributed by atoms with Gasteiger partial charge in [0.1, 0.15) is 24.9 Å². The number of piperazine rings is 1. The van der Waals surface area contributed by atoms with Gasteiger partial charge in [-0.3, -0.25) is 14.2 Å². The first-order chi connectivity index (χ1) is 16.3. The summed E-state index contributed by atoms with van der Waals surface area (Å²) in [5.41, 5.74) is 1.22. The van der Waals surface area contributed by atoms with E-state index in [0.717, 1.165) is 5.69 Å². The van der Waals surface area contributed by atoms with Crippen molar-refractivity contribution in [2.75, 3.05) is 31.2 Å². The summed E-state index contributed by atoms with van der Waals surface area (Å²) in [6.45, 7) is 4.70. The molecule has 0 saturated carbocycles. The highest BCUT2D eigenvalue weighted by Crippen LogP contribution is 2.26. The molecular weight excluding hydrogens is 464 g/mol. The lowest BCUT2D eigenvalue weighted by molar-refractivity contribution is -0.122. The molecule has 1 atom stereocenters. The number of nitrogens with zero attached hydrogens (tertiary/aromatic N) is 3. The van der Waals surface area contributed by atoms with E-state index in [1.807, 2.05) is 24.8 Å². The van der Waals surface area contributed by atoms with Crippen molar-refractivity contribution >= 4 is 34.1 Å². The molecule has 0 spiro atoms. The molecule has 2 aromatic carbocycles. The van der Waals surface area contributed by atoms with Gasteiger partial charge in [-0.05, 0) is 50.2 Å². The molecular formula is C24H26ClF2N5O2. The molecule has 1 aliphatic rings. The van der Waals surface area contributed by atoms with E-state index < -0.39 is 18.1 Å². The van der Waals surface area contributed by atoms with Gasteiger partial charge >= 0.3 is 0 Å². The Morgan fingerprint density at radius 3 is 2.79 bits per heavy atom. The second-order valence-electron chi connectivity index (χ2n) is 8.63. The van der Waals surface area contributed by atoms with Crippen LogP contribution in [-0.2, 0) is 11.3 Å². The third-order valence-electron chi connectivity index (χ3n) is 5.67. The van der Waals surface area contributed by atoms with Crippen LogP contribution >= 0.6 is 11.6 Å². The first-order valence-corrected chi connectivity index (χ1v) is 11.5. The number of alkyl halides is 1. The largest absolute Gasteiger partial charge is 0.369 e. The van der Waals surface area contributed by atoms with Gasteiger partial charge in [-0.1, -0.05) is 11.6 Å². The molecule has 2 N–H and O–H groups in total. The molecule has 34 heavy (non-hydrogen) atoms. The molecule has 0 aliphatic carbocycles. The number of nitrogens with one attached hydrogen (secondary N) is 2. The fourth-order valence-electron chi connectivity index (χ4n) is 4.08. The van der Waals surface area contributed by atoms with Gasteiger partial charge in [0, 0.05) is 36.9 Å². The van der Waals surface area contributed by atoms with Crippen molar-refractivity contribution < 1.29 is 13.6 Å². The molecule has 1 aromatic heterocycles. The van der Waals surface area contributed by atoms with E-state index in [0.29, 0.717) is 36.1 Å². The Balaban J connectivity index is 1.83. The number of aromatic nitrogens is 2. The maximum absolute atomic E-state index is 13.8. The SMILES string of the molecule is CC(C)NC(=O)Cn1c(-c2ccc(F)c(Cl)c2)nc2ccc(N3CCNC(CF)C3)cc2c1=O. The minimum absolute atomic E-state index is 0.108. The standard InChI is InChI=1S/C24H26ClF2N5O2/c1-14(2)29-22(33)13-32-23(15-3-5-20(27)19(25)9-15)30-21-6-4-17(10-18(21)24(32)34)31-8-7-28-16(11-26)12-31/h3-6,9-10,14,16,28H,7-8,11-13H2,1-2H3,(H,29,33). The van der Waals surface area contributed by atoms with Crippen LogP contribution in [0.25, 0.3) is 22.3 Å². The number of fused-ring (bicyclic) bond motifs is 1. The topological polar surface area (TPSA) is 79.3 Å². The van der Waals surface area contributed by atoms with Gasteiger partial charge in [-0.25, -0.2) is 13.8 Å². The van der Waals surface area contributed by atoms with Gasteiger partial charge in [-0.15, -0.1) is 0 Å². The third kappa shape index (κ3) is 5.05. The maximum Gasteiger partial charge on any atom is 0.262 e. The molecule has 180 valence electrons. The molecule has 1 aliphatic heterocycles. The lowest BCUT2D eigenvalue weighted by Crippen LogP contribution is -2.51. The molecule has 3 aromatic rings. The number of hydrogen-bond acceptors (Lipinski definition) is 5. The van der Waals surface area contributed by atoms with Gasteiger partial charge in [0.05, 0.1) is 22.0 Å². The zero-order valence-electron chi connectivity index (χ0n) is 18.9. The Morgan fingerprint density at radius 1 is 1.29 bits per heavy atom. The Morgan fingerprint density at radius 2 is 2.09 bits per heavy atom. The van der Waals surface area contributed by atoms with Crippen LogP contribution in [0.2, 0.25) is 5.02 Å². The van der Waals surface area contributed by atoms with Gasteiger partial charge in [0.15, 0.2) is 0 Å². The highest BCUT2D eigenvalue weighted by atomic mass is 35.5. The van der Waals surface area contributed by atoms with E-state index in [4.69, 9.17) is 11.6 Å². The highest BCUT2D eigenvalue weighted by Gasteiger charge is 2.21. The fraction of sp³-hybridized carbons (Fsp3) is 0.375. The molecule has 7 nitrogen and oxygen atoms in total. The third-order valence-corrected chi connectivity index (χ3v) is 5.96. The molecule has 2 heterocycles. The fourth-order valence-corrected chi connectivity index (χ4v) is 4.26. The molecule has 1 fully saturated rings. The van der Waals surface area contributed by atoms with Crippen LogP contribution in [0.5, 0.6) is 0 Å². The number of carbonyl (C=O) groups is 1. The minimum atomic E-state index is -0.593. The Hall–Kier alpha value is -3.04. The number of benzene rings is 2. The van der Waals surface area contributed by atoms with Crippen molar-refractivity contribution in [2.24, 2.45) is 0 Å². The number of halogens is 3. The molecule has 1 unspecified atom stereocenters. The summed E-state index contributed by atoms with van der Waals surface area (Å²) < 4.78 is 28.2. The quantitative estimate of drug-likeness (QED) is 0.556. The van der Waals surface area contributed by atoms with E-state index in [9.17, 15) is 18.4 Å². The number of carbonyl (C=O) groups excluding carboxylic acids is 1. The van der Waals surface area contributed by atoms with Gasteiger partial charge in [0.2, 0.25) is 5.91 Å². The van der Waals surface area contributed by atoms with Crippen molar-refractivity contribution in [2.45, 2.75) is 32.5 Å². The highest BCUT2D eigenvalue weighted by molar-refractivity contribution is 6.31. The summed E-state index contributed by atoms with van der Waals surface area (Å²) in [6, 6.07) is 8.96. The summed E-state index contributed by atoms with van der Waals surface area (Å²) in [7, 11) is 0. The van der Waals surface area contributed by atoms with Crippen LogP contribution in [0.3, 0.4) is 0 Å². The van der Waals surface area contributed by atoms with E-state index in [2.05, 4.69) is 15.6 Å². The van der Waals surface area contributed by atoms with Crippen LogP contribution in [0.1, 0.15) is 13.8 Å². The second-order valence-corrected chi connectivity index (χ2v) is 9.04. The normalized spacial score (nSPS) is 16.3. The minimum Gasteiger partial charge on any atom is -0.369 e. The maximum atomic E-state index is 13.8. The van der Waals surface area contributed by atoms with Crippen LogP contribution in [-0.4, -0.2) is 53.9 Å². The predicted molar refractivity (Wildman–Crippen MR) is 130 cm³/mol. The second kappa shape index (κ2) is 10.1. The Kier molecular flexibility index (Phi) is 7.13. The predicted octanol–water partition coefficient (Wildman–Crippen LogP) is 3.13. The number of anilines is 1. The van der Waals surface area contributed by atoms with Crippen LogP contribution in [0.4, 0.5) is 14.5 Å². The lowest BCUT2D eigenvalue weighted by atomic mass is 10.1. The molecule has 1 saturated heterocycles. The molecule has 10 heteroatoms. The van der Waals surface area contributed by atoms with E-state index in [-0.39, 0.29) is 35.4 Å². The smallest absolute Gasteiger partial charge is 0.262 e. The number of amides is 1. The number of hydrogen-bond donors (Lipinski definition) is 2. The zero-order valence-corrected chi connectivity index (χ0v) is 19.7. The summed E-state index contributed by atoms with van der Waals surface area (Å²) in [4.78, 5) is 32.8.